The van der Waals surface area contributed by atoms with Crippen LogP contribution in [0.2, 0.25) is 0 Å². The number of ketones is 1. The fraction of sp³-hybridized carbons (Fsp3) is 0.333. The van der Waals surface area contributed by atoms with E-state index in [4.69, 9.17) is 5.10 Å². The third kappa shape index (κ3) is 19.3. The summed E-state index contributed by atoms with van der Waals surface area (Å²) in [6.07, 6.45) is 9.33. The Balaban J connectivity index is 0. The molecular weight excluding hydrogens is 493 g/mol. The van der Waals surface area contributed by atoms with Crippen LogP contribution in [0.3, 0.4) is 0 Å². The van der Waals surface area contributed by atoms with Crippen LogP contribution in [0.1, 0.15) is 70.6 Å². The van der Waals surface area contributed by atoms with Crippen molar-refractivity contribution in [2.75, 3.05) is 6.54 Å². The Bertz CT molecular complexity index is 987. The maximum Gasteiger partial charge on any atom is 1.00 e. The summed E-state index contributed by atoms with van der Waals surface area (Å²) in [5.74, 6) is 0.167. The number of aryl methyl sites for hydroxylation is 1. The number of hydrogen-bond donors (Lipinski definition) is 1. The number of Topliss-reactive ketones (excluding diaryl/α,β-unsaturated/α-hetero) is 1. The number of hydrogen-bond acceptors (Lipinski definition) is 4. The maximum atomic E-state index is 9.44. The van der Waals surface area contributed by atoms with Gasteiger partial charge in [0.25, 0.3) is 0 Å². The molecule has 38 heavy (non-hydrogen) atoms. The van der Waals surface area contributed by atoms with Crippen LogP contribution in [-0.2, 0) is 11.3 Å². The normalized spacial score (nSPS) is 11.8. The van der Waals surface area contributed by atoms with Crippen molar-refractivity contribution in [1.82, 2.24) is 10.3 Å². The summed E-state index contributed by atoms with van der Waals surface area (Å²) < 4.78 is 0. The number of hydrazone groups is 1. The van der Waals surface area contributed by atoms with E-state index in [1.807, 2.05) is 42.3 Å². The zero-order valence-corrected chi connectivity index (χ0v) is 28.0. The summed E-state index contributed by atoms with van der Waals surface area (Å²) in [6, 6.07) is 18.7. The van der Waals surface area contributed by atoms with Crippen LogP contribution >= 0.6 is 0 Å². The van der Waals surface area contributed by atoms with E-state index in [0.29, 0.717) is 0 Å². The Hall–Kier alpha value is -1.76. The topological polar surface area (TPSA) is 44.7 Å². The Morgan fingerprint density at radius 1 is 1.00 bits per heavy atom. The molecular formula is C33H47KN3O-. The minimum absolute atomic E-state index is 0. The number of unbranched alkanes of at least 4 members (excludes halogenated alkanes) is 2. The molecule has 3 rings (SSSR count). The Morgan fingerprint density at radius 3 is 1.97 bits per heavy atom. The van der Waals surface area contributed by atoms with Gasteiger partial charge in [0.1, 0.15) is 5.78 Å². The first-order valence-electron chi connectivity index (χ1n) is 12.9. The summed E-state index contributed by atoms with van der Waals surface area (Å²) in [5.41, 5.74) is 6.74. The van der Waals surface area contributed by atoms with Gasteiger partial charge in [0.05, 0.1) is 18.0 Å². The zero-order valence-electron chi connectivity index (χ0n) is 24.9. The van der Waals surface area contributed by atoms with Gasteiger partial charge in [-0.2, -0.15) is 17.9 Å². The molecule has 1 aliphatic heterocycles. The number of carbonyl (C=O) groups is 1. The fourth-order valence-electron chi connectivity index (χ4n) is 2.82. The molecule has 1 heterocycles. The Morgan fingerprint density at radius 2 is 1.55 bits per heavy atom. The second-order valence-electron chi connectivity index (χ2n) is 8.69. The van der Waals surface area contributed by atoms with E-state index in [1.54, 1.807) is 0 Å². The molecule has 0 bridgehead atoms. The molecule has 0 fully saturated rings. The second-order valence-corrected chi connectivity index (χ2v) is 8.69. The van der Waals surface area contributed by atoms with Crippen molar-refractivity contribution in [3.8, 4) is 0 Å². The van der Waals surface area contributed by atoms with Crippen LogP contribution in [0.15, 0.2) is 95.9 Å². The molecule has 0 spiro atoms. The first-order valence-corrected chi connectivity index (χ1v) is 12.9. The van der Waals surface area contributed by atoms with Crippen molar-refractivity contribution in [3.05, 3.63) is 121 Å². The van der Waals surface area contributed by atoms with Gasteiger partial charge < -0.3 is 24.0 Å². The molecule has 0 atom stereocenters. The van der Waals surface area contributed by atoms with Crippen molar-refractivity contribution in [2.24, 2.45) is 5.10 Å². The molecule has 5 heteroatoms. The fourth-order valence-corrected chi connectivity index (χ4v) is 2.82. The van der Waals surface area contributed by atoms with E-state index in [2.05, 4.69) is 89.0 Å². The van der Waals surface area contributed by atoms with Crippen molar-refractivity contribution in [3.63, 3.8) is 0 Å². The molecule has 0 saturated carbocycles. The molecule has 0 unspecified atom stereocenters. The van der Waals surface area contributed by atoms with Crippen LogP contribution in [0.25, 0.3) is 0 Å². The van der Waals surface area contributed by atoms with E-state index < -0.39 is 0 Å². The van der Waals surface area contributed by atoms with E-state index in [0.717, 1.165) is 42.9 Å². The molecule has 0 radical (unpaired) electrons. The predicted molar refractivity (Wildman–Crippen MR) is 162 cm³/mol. The quantitative estimate of drug-likeness (QED) is 0.386. The standard InChI is InChI=1S/C19H18N2.C6H13N.C5H10.C3H6O.K/c1-15-8-11-18(12-9-15)19-13-10-16(2)21(20-19)14-17-6-4-3-5-7-17;1-4-6(3)7-5-2;1-3-5-4-2;1-3(2)4;/h3-13H,2,14H2,1H3;4,7H,5H2,1-3H3;1-5H2;1-2H3;/q;;-2;;+1/b;6-4-;;;. The molecule has 1 aliphatic rings. The van der Waals surface area contributed by atoms with Crippen molar-refractivity contribution in [1.29, 1.82) is 0 Å². The third-order valence-corrected chi connectivity index (χ3v) is 4.90. The number of benzene rings is 2. The average molecular weight is 541 g/mol. The number of allylic oxidation sites excluding steroid dienone is 4. The summed E-state index contributed by atoms with van der Waals surface area (Å²) in [7, 11) is 0. The molecule has 0 aromatic heterocycles. The maximum absolute atomic E-state index is 9.44. The van der Waals surface area contributed by atoms with Gasteiger partial charge in [0, 0.05) is 17.8 Å². The van der Waals surface area contributed by atoms with Gasteiger partial charge in [-0.15, -0.1) is 6.42 Å². The molecule has 0 saturated heterocycles. The minimum atomic E-state index is 0. The van der Waals surface area contributed by atoms with Crippen LogP contribution in [0.4, 0.5) is 0 Å². The van der Waals surface area contributed by atoms with Crippen molar-refractivity contribution in [2.45, 2.75) is 67.3 Å². The molecule has 2 aromatic rings. The zero-order chi connectivity index (χ0) is 28.1. The van der Waals surface area contributed by atoms with E-state index in [1.165, 1.54) is 37.1 Å². The summed E-state index contributed by atoms with van der Waals surface area (Å²) in [5, 5.41) is 9.83. The SMILES string of the molecule is C/C=C(/C)NCC.C=C1C=CC(c2ccc(C)cc2)=NN1Cc1ccccc1.CC(C)=O.[CH2-]CCC[CH2-].[K+]. The van der Waals surface area contributed by atoms with Crippen LogP contribution < -0.4 is 56.7 Å². The minimum Gasteiger partial charge on any atom is -0.389 e. The van der Waals surface area contributed by atoms with Gasteiger partial charge in [-0.05, 0) is 59.3 Å². The second kappa shape index (κ2) is 24.3. The van der Waals surface area contributed by atoms with Crippen molar-refractivity contribution < 1.29 is 56.2 Å². The first kappa shape index (κ1) is 38.4. The third-order valence-electron chi connectivity index (χ3n) is 4.90. The van der Waals surface area contributed by atoms with Crippen LogP contribution in [0.5, 0.6) is 0 Å². The summed E-state index contributed by atoms with van der Waals surface area (Å²) in [6.45, 7) is 24.4. The molecule has 0 amide bonds. The number of nitrogens with zero attached hydrogens (tertiary/aromatic N) is 2. The molecule has 202 valence electrons. The summed E-state index contributed by atoms with van der Waals surface area (Å²) >= 11 is 0. The largest absolute Gasteiger partial charge is 1.00 e. The van der Waals surface area contributed by atoms with Gasteiger partial charge in [-0.3, -0.25) is 5.01 Å². The van der Waals surface area contributed by atoms with Gasteiger partial charge >= 0.3 is 51.4 Å². The first-order chi connectivity index (χ1) is 17.7. The molecule has 2 aromatic carbocycles. The van der Waals surface area contributed by atoms with Gasteiger partial charge in [0.15, 0.2) is 0 Å². The van der Waals surface area contributed by atoms with E-state index in [-0.39, 0.29) is 57.2 Å². The van der Waals surface area contributed by atoms with E-state index in [9.17, 15) is 4.79 Å². The number of nitrogens with one attached hydrogen (secondary N) is 1. The number of rotatable bonds is 7. The van der Waals surface area contributed by atoms with Crippen molar-refractivity contribution >= 4 is 11.5 Å². The van der Waals surface area contributed by atoms with Crippen LogP contribution in [-0.4, -0.2) is 23.0 Å². The molecule has 0 aliphatic carbocycles. The predicted octanol–water partition coefficient (Wildman–Crippen LogP) is 5.23. The molecule has 4 nitrogen and oxygen atoms in total. The van der Waals surface area contributed by atoms with Gasteiger partial charge in [-0.1, -0.05) is 72.8 Å². The average Bonchev–Trinajstić information content (AvgIpc) is 2.88. The molecule has 1 N–H and O–H groups in total. The van der Waals surface area contributed by atoms with E-state index >= 15 is 0 Å². The smallest absolute Gasteiger partial charge is 0.389 e. The Labute approximate surface area is 275 Å². The van der Waals surface area contributed by atoms with Crippen LogP contribution in [0, 0.1) is 20.8 Å². The van der Waals surface area contributed by atoms with Gasteiger partial charge in [0.2, 0.25) is 0 Å². The van der Waals surface area contributed by atoms with Gasteiger partial charge in [-0.25, -0.2) is 0 Å². The monoisotopic (exact) mass is 540 g/mol. The summed E-state index contributed by atoms with van der Waals surface area (Å²) in [4.78, 5) is 9.44. The number of carbonyl (C=O) groups excluding carboxylic acids is 1. The Kier molecular flexibility index (Phi) is 24.5.